The molecular formula is C8H10NO7S2-. The van der Waals surface area contributed by atoms with Crippen molar-refractivity contribution in [3.63, 3.8) is 0 Å². The first-order chi connectivity index (χ1) is 8.23. The largest absolute Gasteiger partial charge is 0.758 e. The molecule has 1 unspecified atom stereocenters. The van der Waals surface area contributed by atoms with Gasteiger partial charge in [-0.1, -0.05) is 23.1 Å². The van der Waals surface area contributed by atoms with Gasteiger partial charge in [-0.25, -0.2) is 13.2 Å². The van der Waals surface area contributed by atoms with Gasteiger partial charge in [0, 0.05) is 6.26 Å². The molecule has 1 aromatic rings. The fourth-order valence-corrected chi connectivity index (χ4v) is 1.53. The highest BCUT2D eigenvalue weighted by molar-refractivity contribution is 7.90. The zero-order chi connectivity index (χ0) is 14.2. The molecule has 0 radical (unpaired) electrons. The van der Waals surface area contributed by atoms with Gasteiger partial charge in [-0.3, -0.25) is 4.21 Å². The standard InChI is InChI=1S/C7H8O2S.CH3NO5S/c1-10(8,9)7-5-3-2-4-6-7;3-1(4)7-2-8(5)6/h2-6H,1H3;2H,(H,3,4)(H,5,6)/p-1. The highest BCUT2D eigenvalue weighted by atomic mass is 32.2. The average Bonchev–Trinajstić information content (AvgIpc) is 2.27. The van der Waals surface area contributed by atoms with Crippen LogP contribution in [0, 0.1) is 0 Å². The molecule has 1 rings (SSSR count). The Kier molecular flexibility index (Phi) is 7.12. The normalized spacial score (nSPS) is 11.9. The van der Waals surface area contributed by atoms with Gasteiger partial charge in [-0.05, 0) is 12.1 Å². The van der Waals surface area contributed by atoms with E-state index >= 15 is 0 Å². The van der Waals surface area contributed by atoms with E-state index < -0.39 is 27.3 Å². The number of benzene rings is 1. The minimum absolute atomic E-state index is 0.370. The van der Waals surface area contributed by atoms with E-state index in [1.165, 1.54) is 6.26 Å². The van der Waals surface area contributed by atoms with Gasteiger partial charge in [0.1, 0.15) is 0 Å². The number of rotatable bonds is 3. The predicted octanol–water partition coefficient (Wildman–Crippen LogP) is 0.0698. The van der Waals surface area contributed by atoms with Gasteiger partial charge in [-0.2, -0.15) is 0 Å². The molecule has 10 heteroatoms. The van der Waals surface area contributed by atoms with Crippen LogP contribution in [0.1, 0.15) is 0 Å². The average molecular weight is 296 g/mol. The first-order valence-corrected chi connectivity index (χ1v) is 7.20. The lowest BCUT2D eigenvalue weighted by Crippen LogP contribution is -2.20. The summed E-state index contributed by atoms with van der Waals surface area (Å²) in [7, 11) is -3.00. The van der Waals surface area contributed by atoms with E-state index in [1.54, 1.807) is 30.3 Å². The van der Waals surface area contributed by atoms with Gasteiger partial charge in [0.05, 0.1) is 16.2 Å². The lowest BCUT2D eigenvalue weighted by molar-refractivity contribution is 0.0716. The third kappa shape index (κ3) is 8.64. The Balaban J connectivity index is 0.000000331. The van der Waals surface area contributed by atoms with Gasteiger partial charge in [0.2, 0.25) is 0 Å². The number of hydrogen-bond donors (Lipinski definition) is 2. The second-order valence-corrected chi connectivity index (χ2v) is 5.42. The summed E-state index contributed by atoms with van der Waals surface area (Å²) in [6.07, 6.45) is -0.503. The second-order valence-electron chi connectivity index (χ2n) is 2.77. The molecule has 0 aliphatic rings. The molecule has 102 valence electrons. The third-order valence-corrected chi connectivity index (χ3v) is 2.72. The molecule has 2 N–H and O–H groups in total. The van der Waals surface area contributed by atoms with Crippen molar-refractivity contribution in [1.29, 1.82) is 0 Å². The molecule has 0 aliphatic heterocycles. The number of sulfone groups is 1. The van der Waals surface area contributed by atoms with Crippen LogP contribution < -0.4 is 4.89 Å². The number of carboxylic acid groups (broad SMARTS) is 1. The quantitative estimate of drug-likeness (QED) is 0.595. The first-order valence-electron chi connectivity index (χ1n) is 4.23. The summed E-state index contributed by atoms with van der Waals surface area (Å²) >= 11 is -2.69. The van der Waals surface area contributed by atoms with E-state index in [2.05, 4.69) is 4.84 Å². The van der Waals surface area contributed by atoms with Crippen LogP contribution in [0.25, 0.3) is 0 Å². The molecule has 0 saturated heterocycles. The van der Waals surface area contributed by atoms with E-state index in [0.717, 1.165) is 4.89 Å². The summed E-state index contributed by atoms with van der Waals surface area (Å²) in [5.41, 5.74) is 0. The van der Waals surface area contributed by atoms with Crippen molar-refractivity contribution in [3.8, 4) is 0 Å². The molecule has 1 aromatic carbocycles. The van der Waals surface area contributed by atoms with Gasteiger partial charge in [-0.15, -0.1) is 0 Å². The molecule has 0 bridgehead atoms. The van der Waals surface area contributed by atoms with Crippen LogP contribution in [-0.2, 0) is 25.9 Å². The molecule has 0 fully saturated rings. The summed E-state index contributed by atoms with van der Waals surface area (Å²) < 4.78 is 40.5. The Labute approximate surface area is 106 Å². The zero-order valence-electron chi connectivity index (χ0n) is 9.10. The Morgan fingerprint density at radius 2 is 1.89 bits per heavy atom. The Bertz CT molecular complexity index is 485. The van der Waals surface area contributed by atoms with Crippen LogP contribution in [0.15, 0.2) is 35.2 Å². The lowest BCUT2D eigenvalue weighted by atomic mass is 10.4. The topological polar surface area (TPSA) is 133 Å². The van der Waals surface area contributed by atoms with E-state index in [4.69, 9.17) is 5.11 Å². The lowest BCUT2D eigenvalue weighted by Gasteiger charge is -2.01. The predicted molar refractivity (Wildman–Crippen MR) is 60.7 cm³/mol. The molecule has 0 amide bonds. The summed E-state index contributed by atoms with van der Waals surface area (Å²) in [6, 6.07) is 8.35. The van der Waals surface area contributed by atoms with Crippen LogP contribution in [0.5, 0.6) is 0 Å². The number of carbonyl (C=O) groups is 1. The Morgan fingerprint density at radius 3 is 2.11 bits per heavy atom. The van der Waals surface area contributed by atoms with Crippen molar-refractivity contribution >= 4 is 27.3 Å². The van der Waals surface area contributed by atoms with E-state index in [1.807, 2.05) is 0 Å². The maximum atomic E-state index is 10.8. The van der Waals surface area contributed by atoms with Crippen LogP contribution in [0.4, 0.5) is 4.79 Å². The molecule has 8 nitrogen and oxygen atoms in total. The van der Waals surface area contributed by atoms with Crippen molar-refractivity contribution < 1.29 is 31.9 Å². The smallest absolute Gasteiger partial charge is 0.526 e. The molecule has 0 heterocycles. The maximum Gasteiger partial charge on any atom is 0.526 e. The summed E-state index contributed by atoms with van der Waals surface area (Å²) in [5.74, 6) is 0. The number of nitrogens with one attached hydrogen (secondary N) is 1. The minimum atomic E-state index is -3.00. The highest BCUT2D eigenvalue weighted by Gasteiger charge is 2.02. The van der Waals surface area contributed by atoms with Gasteiger partial charge < -0.3 is 14.5 Å². The van der Waals surface area contributed by atoms with Gasteiger partial charge in [0.15, 0.2) is 9.84 Å². The zero-order valence-corrected chi connectivity index (χ0v) is 10.7. The fourth-order valence-electron chi connectivity index (χ4n) is 0.737. The van der Waals surface area contributed by atoms with E-state index in [-0.39, 0.29) is 0 Å². The van der Waals surface area contributed by atoms with Crippen molar-refractivity contribution in [2.24, 2.45) is 0 Å². The van der Waals surface area contributed by atoms with Crippen LogP contribution in [-0.4, -0.2) is 34.7 Å². The highest BCUT2D eigenvalue weighted by Crippen LogP contribution is 2.05. The van der Waals surface area contributed by atoms with E-state index in [0.29, 0.717) is 4.90 Å². The fraction of sp³-hybridized carbons (Fsp3) is 0.125. The second kappa shape index (κ2) is 7.76. The first kappa shape index (κ1) is 16.5. The summed E-state index contributed by atoms with van der Waals surface area (Å²) in [4.78, 5) is 14.2. The number of hydrogen-bond acceptors (Lipinski definition) is 6. The van der Waals surface area contributed by atoms with Gasteiger partial charge in [0.25, 0.3) is 0 Å². The third-order valence-electron chi connectivity index (χ3n) is 1.37. The van der Waals surface area contributed by atoms with Crippen molar-refractivity contribution in [1.82, 2.24) is 4.89 Å². The Morgan fingerprint density at radius 1 is 1.39 bits per heavy atom. The van der Waals surface area contributed by atoms with Crippen LogP contribution >= 0.6 is 0 Å². The van der Waals surface area contributed by atoms with Gasteiger partial charge >= 0.3 is 6.16 Å². The van der Waals surface area contributed by atoms with Crippen molar-refractivity contribution in [2.75, 3.05) is 6.26 Å². The molecule has 18 heavy (non-hydrogen) atoms. The molecule has 0 spiro atoms. The molecule has 1 atom stereocenters. The summed E-state index contributed by atoms with van der Waals surface area (Å²) in [5, 5.41) is 7.60. The molecule has 0 saturated carbocycles. The maximum absolute atomic E-state index is 10.8. The molecular weight excluding hydrogens is 286 g/mol. The SMILES string of the molecule is CS(=O)(=O)c1ccccc1.O=C(O)ONS(=O)[O-]. The monoisotopic (exact) mass is 296 g/mol. The Hall–Kier alpha value is -1.49. The van der Waals surface area contributed by atoms with Crippen LogP contribution in [0.2, 0.25) is 0 Å². The van der Waals surface area contributed by atoms with E-state index in [9.17, 15) is 22.0 Å². The summed E-state index contributed by atoms with van der Waals surface area (Å²) in [6.45, 7) is 0. The van der Waals surface area contributed by atoms with Crippen molar-refractivity contribution in [3.05, 3.63) is 30.3 Å². The molecule has 0 aromatic heterocycles. The van der Waals surface area contributed by atoms with Crippen molar-refractivity contribution in [2.45, 2.75) is 4.90 Å². The molecule has 0 aliphatic carbocycles. The minimum Gasteiger partial charge on any atom is -0.758 e. The van der Waals surface area contributed by atoms with Crippen LogP contribution in [0.3, 0.4) is 0 Å².